The van der Waals surface area contributed by atoms with Crippen LogP contribution < -0.4 is 4.74 Å². The maximum Gasteiger partial charge on any atom is 0.118 e. The molecule has 1 unspecified atom stereocenters. The van der Waals surface area contributed by atoms with Gasteiger partial charge in [-0.3, -0.25) is 0 Å². The molecular formula is C14H18OS. The van der Waals surface area contributed by atoms with Crippen molar-refractivity contribution in [3.05, 3.63) is 41.0 Å². The summed E-state index contributed by atoms with van der Waals surface area (Å²) >= 11 is 2.04. The number of benzene rings is 1. The predicted octanol–water partition coefficient (Wildman–Crippen LogP) is 4.21. The van der Waals surface area contributed by atoms with Crippen LogP contribution in [0.1, 0.15) is 31.1 Å². The molecule has 0 spiro atoms. The summed E-state index contributed by atoms with van der Waals surface area (Å²) in [5, 5.41) is 0.620. The van der Waals surface area contributed by atoms with E-state index in [1.807, 2.05) is 11.8 Å². The van der Waals surface area contributed by atoms with Crippen molar-refractivity contribution < 1.29 is 4.74 Å². The van der Waals surface area contributed by atoms with E-state index < -0.39 is 0 Å². The molecule has 1 aliphatic heterocycles. The number of methoxy groups -OCH3 is 1. The van der Waals surface area contributed by atoms with E-state index in [1.165, 1.54) is 17.7 Å². The SMILES string of the molecule is COc1ccc(C2CC(C)=C(C)CS2)cc1. The predicted molar refractivity (Wildman–Crippen MR) is 71.2 cm³/mol. The second-order valence-corrected chi connectivity index (χ2v) is 5.53. The molecule has 0 saturated carbocycles. The highest BCUT2D eigenvalue weighted by Crippen LogP contribution is 2.40. The van der Waals surface area contributed by atoms with Crippen molar-refractivity contribution in [1.29, 1.82) is 0 Å². The molecule has 0 amide bonds. The monoisotopic (exact) mass is 234 g/mol. The lowest BCUT2D eigenvalue weighted by Crippen LogP contribution is -2.04. The molecule has 0 radical (unpaired) electrons. The van der Waals surface area contributed by atoms with Crippen molar-refractivity contribution in [2.45, 2.75) is 25.5 Å². The first-order chi connectivity index (χ1) is 7.70. The van der Waals surface area contributed by atoms with Gasteiger partial charge in [-0.25, -0.2) is 0 Å². The third-order valence-corrected chi connectivity index (χ3v) is 4.65. The zero-order chi connectivity index (χ0) is 11.5. The first-order valence-corrected chi connectivity index (χ1v) is 6.66. The Hall–Kier alpha value is -0.890. The molecule has 1 nitrogen and oxygen atoms in total. The Morgan fingerprint density at radius 3 is 2.38 bits per heavy atom. The van der Waals surface area contributed by atoms with E-state index in [4.69, 9.17) is 4.74 Å². The molecule has 0 aromatic heterocycles. The van der Waals surface area contributed by atoms with Crippen molar-refractivity contribution in [3.63, 3.8) is 0 Å². The molecule has 2 rings (SSSR count). The Kier molecular flexibility index (Phi) is 3.59. The van der Waals surface area contributed by atoms with Crippen LogP contribution in [-0.2, 0) is 0 Å². The third kappa shape index (κ3) is 2.43. The summed E-state index contributed by atoms with van der Waals surface area (Å²) in [6, 6.07) is 8.47. The van der Waals surface area contributed by atoms with Gasteiger partial charge in [0.05, 0.1) is 7.11 Å². The van der Waals surface area contributed by atoms with E-state index in [9.17, 15) is 0 Å². The van der Waals surface area contributed by atoms with E-state index in [-0.39, 0.29) is 0 Å². The van der Waals surface area contributed by atoms with Crippen molar-refractivity contribution in [1.82, 2.24) is 0 Å². The van der Waals surface area contributed by atoms with Crippen LogP contribution in [0.4, 0.5) is 0 Å². The number of hydrogen-bond donors (Lipinski definition) is 0. The normalized spacial score (nSPS) is 21.1. The van der Waals surface area contributed by atoms with Crippen LogP contribution in [-0.4, -0.2) is 12.9 Å². The average molecular weight is 234 g/mol. The Morgan fingerprint density at radius 2 is 1.81 bits per heavy atom. The molecule has 1 aromatic rings. The van der Waals surface area contributed by atoms with Crippen molar-refractivity contribution in [2.75, 3.05) is 12.9 Å². The zero-order valence-electron chi connectivity index (χ0n) is 10.1. The summed E-state index contributed by atoms with van der Waals surface area (Å²) in [4.78, 5) is 0. The lowest BCUT2D eigenvalue weighted by atomic mass is 10.0. The minimum absolute atomic E-state index is 0.620. The van der Waals surface area contributed by atoms with Crippen LogP contribution >= 0.6 is 11.8 Å². The molecule has 1 heterocycles. The zero-order valence-corrected chi connectivity index (χ0v) is 10.9. The molecule has 0 fully saturated rings. The van der Waals surface area contributed by atoms with Gasteiger partial charge >= 0.3 is 0 Å². The maximum absolute atomic E-state index is 5.18. The summed E-state index contributed by atoms with van der Waals surface area (Å²) < 4.78 is 5.18. The van der Waals surface area contributed by atoms with Gasteiger partial charge in [-0.05, 0) is 38.0 Å². The summed E-state index contributed by atoms with van der Waals surface area (Å²) in [6.45, 7) is 4.50. The fourth-order valence-electron chi connectivity index (χ4n) is 1.89. The van der Waals surface area contributed by atoms with Gasteiger partial charge < -0.3 is 4.74 Å². The third-order valence-electron chi connectivity index (χ3n) is 3.21. The number of ether oxygens (including phenoxy) is 1. The summed E-state index contributed by atoms with van der Waals surface area (Å²) in [5.74, 6) is 2.11. The van der Waals surface area contributed by atoms with Crippen LogP contribution in [0.5, 0.6) is 5.75 Å². The van der Waals surface area contributed by atoms with Gasteiger partial charge in [0, 0.05) is 11.0 Å². The van der Waals surface area contributed by atoms with Crippen LogP contribution in [0.2, 0.25) is 0 Å². The Bertz CT molecular complexity index is 392. The maximum atomic E-state index is 5.18. The number of rotatable bonds is 2. The minimum Gasteiger partial charge on any atom is -0.497 e. The van der Waals surface area contributed by atoms with Gasteiger partial charge in [-0.2, -0.15) is 0 Å². The van der Waals surface area contributed by atoms with Crippen molar-refractivity contribution in [3.8, 4) is 5.75 Å². The van der Waals surface area contributed by atoms with Gasteiger partial charge in [0.25, 0.3) is 0 Å². The fourth-order valence-corrected chi connectivity index (χ4v) is 3.31. The largest absolute Gasteiger partial charge is 0.497 e. The van der Waals surface area contributed by atoms with Gasteiger partial charge in [0.1, 0.15) is 5.75 Å². The van der Waals surface area contributed by atoms with Crippen molar-refractivity contribution >= 4 is 11.8 Å². The Morgan fingerprint density at radius 1 is 1.12 bits per heavy atom. The summed E-state index contributed by atoms with van der Waals surface area (Å²) in [5.41, 5.74) is 4.52. The summed E-state index contributed by atoms with van der Waals surface area (Å²) in [7, 11) is 1.71. The molecule has 0 saturated heterocycles. The van der Waals surface area contributed by atoms with E-state index in [1.54, 1.807) is 18.3 Å². The smallest absolute Gasteiger partial charge is 0.118 e. The molecule has 2 heteroatoms. The molecular weight excluding hydrogens is 216 g/mol. The molecule has 1 aliphatic rings. The highest BCUT2D eigenvalue weighted by Gasteiger charge is 2.18. The standard InChI is InChI=1S/C14H18OS/c1-10-8-14(16-9-11(10)2)12-4-6-13(15-3)7-5-12/h4-7,14H,8-9H2,1-3H3. The van der Waals surface area contributed by atoms with Crippen LogP contribution in [0.25, 0.3) is 0 Å². The second-order valence-electron chi connectivity index (χ2n) is 4.34. The van der Waals surface area contributed by atoms with E-state index in [0.717, 1.165) is 5.75 Å². The highest BCUT2D eigenvalue weighted by atomic mass is 32.2. The second kappa shape index (κ2) is 4.96. The molecule has 0 aliphatic carbocycles. The van der Waals surface area contributed by atoms with Gasteiger partial charge in [-0.1, -0.05) is 23.3 Å². The molecule has 1 aromatic carbocycles. The molecule has 16 heavy (non-hydrogen) atoms. The van der Waals surface area contributed by atoms with Crippen LogP contribution in [0.15, 0.2) is 35.4 Å². The van der Waals surface area contributed by atoms with Gasteiger partial charge in [0.15, 0.2) is 0 Å². The van der Waals surface area contributed by atoms with E-state index in [0.29, 0.717) is 5.25 Å². The molecule has 86 valence electrons. The Labute approximate surface area is 102 Å². The Balaban J connectivity index is 2.13. The molecule has 0 bridgehead atoms. The van der Waals surface area contributed by atoms with Crippen LogP contribution in [0.3, 0.4) is 0 Å². The van der Waals surface area contributed by atoms with E-state index in [2.05, 4.69) is 38.1 Å². The van der Waals surface area contributed by atoms with Gasteiger partial charge in [-0.15, -0.1) is 11.8 Å². The lowest BCUT2D eigenvalue weighted by molar-refractivity contribution is 0.414. The quantitative estimate of drug-likeness (QED) is 0.709. The average Bonchev–Trinajstić information content (AvgIpc) is 2.33. The van der Waals surface area contributed by atoms with Crippen molar-refractivity contribution in [2.24, 2.45) is 0 Å². The fraction of sp³-hybridized carbons (Fsp3) is 0.429. The lowest BCUT2D eigenvalue weighted by Gasteiger charge is -2.24. The number of thioether (sulfide) groups is 1. The van der Waals surface area contributed by atoms with Crippen LogP contribution in [0, 0.1) is 0 Å². The first kappa shape index (κ1) is 11.6. The number of hydrogen-bond acceptors (Lipinski definition) is 2. The minimum atomic E-state index is 0.620. The van der Waals surface area contributed by atoms with Gasteiger partial charge in [0.2, 0.25) is 0 Å². The number of allylic oxidation sites excluding steroid dienone is 1. The molecule has 1 atom stereocenters. The topological polar surface area (TPSA) is 9.23 Å². The van der Waals surface area contributed by atoms with E-state index >= 15 is 0 Å². The molecule has 0 N–H and O–H groups in total. The summed E-state index contributed by atoms with van der Waals surface area (Å²) in [6.07, 6.45) is 1.18. The highest BCUT2D eigenvalue weighted by molar-refractivity contribution is 7.99. The first-order valence-electron chi connectivity index (χ1n) is 5.61.